The number of aromatic nitrogens is 1. The molecule has 0 aliphatic heterocycles. The summed E-state index contributed by atoms with van der Waals surface area (Å²) in [7, 11) is 3.57. The normalized spacial score (nSPS) is 10.8. The predicted molar refractivity (Wildman–Crippen MR) is 72.4 cm³/mol. The summed E-state index contributed by atoms with van der Waals surface area (Å²) in [5.74, 6) is 0.843. The van der Waals surface area contributed by atoms with Gasteiger partial charge in [0.15, 0.2) is 0 Å². The van der Waals surface area contributed by atoms with Gasteiger partial charge in [-0.3, -0.25) is 9.36 Å². The fraction of sp³-hybridized carbons (Fsp3) is 0.357. The highest BCUT2D eigenvalue weighted by Crippen LogP contribution is 2.26. The molecular formula is C14H18N2O2. The minimum absolute atomic E-state index is 0.0286. The molecule has 1 N–H and O–H groups in total. The Hall–Kier alpha value is -1.81. The number of benzene rings is 1. The molecule has 1 heterocycles. The number of methoxy groups -OCH3 is 1. The van der Waals surface area contributed by atoms with Gasteiger partial charge in [0.1, 0.15) is 5.75 Å². The van der Waals surface area contributed by atoms with Crippen LogP contribution in [0.2, 0.25) is 0 Å². The fourth-order valence-corrected chi connectivity index (χ4v) is 2.12. The summed E-state index contributed by atoms with van der Waals surface area (Å²) in [5, 5.41) is 4.21. The van der Waals surface area contributed by atoms with Gasteiger partial charge in [0.25, 0.3) is 0 Å². The SMILES string of the molecule is CNCCc1cn(C(C)=O)c2ccc(OC)cc12. The molecule has 0 radical (unpaired) electrons. The molecule has 0 bridgehead atoms. The van der Waals surface area contributed by atoms with E-state index in [0.29, 0.717) is 0 Å². The summed E-state index contributed by atoms with van der Waals surface area (Å²) in [6, 6.07) is 5.79. The smallest absolute Gasteiger partial charge is 0.227 e. The number of ether oxygens (including phenoxy) is 1. The zero-order valence-corrected chi connectivity index (χ0v) is 11.0. The Morgan fingerprint density at radius 1 is 1.44 bits per heavy atom. The zero-order valence-electron chi connectivity index (χ0n) is 11.0. The summed E-state index contributed by atoms with van der Waals surface area (Å²) >= 11 is 0. The van der Waals surface area contributed by atoms with E-state index in [4.69, 9.17) is 4.74 Å². The quantitative estimate of drug-likeness (QED) is 0.898. The molecule has 0 saturated carbocycles. The molecule has 2 aromatic rings. The number of fused-ring (bicyclic) bond motifs is 1. The van der Waals surface area contributed by atoms with Crippen LogP contribution in [0, 0.1) is 0 Å². The Bertz CT molecular complexity index is 572. The molecule has 1 aromatic carbocycles. The van der Waals surface area contributed by atoms with Crippen LogP contribution in [0.5, 0.6) is 5.75 Å². The Labute approximate surface area is 107 Å². The molecule has 4 nitrogen and oxygen atoms in total. The van der Waals surface area contributed by atoms with Gasteiger partial charge in [0, 0.05) is 18.5 Å². The maximum absolute atomic E-state index is 11.6. The first-order valence-electron chi connectivity index (χ1n) is 6.01. The standard InChI is InChI=1S/C14H18N2O2/c1-10(17)16-9-11(6-7-15-2)13-8-12(18-3)4-5-14(13)16/h4-5,8-9,15H,6-7H2,1-3H3. The lowest BCUT2D eigenvalue weighted by molar-refractivity contribution is 0.0941. The van der Waals surface area contributed by atoms with Crippen molar-refractivity contribution in [2.75, 3.05) is 20.7 Å². The van der Waals surface area contributed by atoms with Crippen molar-refractivity contribution in [3.05, 3.63) is 30.0 Å². The number of nitrogens with zero attached hydrogens (tertiary/aromatic N) is 1. The van der Waals surface area contributed by atoms with E-state index in [2.05, 4.69) is 5.32 Å². The van der Waals surface area contributed by atoms with Crippen molar-refractivity contribution < 1.29 is 9.53 Å². The number of hydrogen-bond acceptors (Lipinski definition) is 3. The summed E-state index contributed by atoms with van der Waals surface area (Å²) in [6.45, 7) is 2.46. The molecule has 1 aromatic heterocycles. The largest absolute Gasteiger partial charge is 0.497 e. The third-order valence-corrected chi connectivity index (χ3v) is 3.08. The molecule has 0 atom stereocenters. The Morgan fingerprint density at radius 2 is 2.22 bits per heavy atom. The van der Waals surface area contributed by atoms with Gasteiger partial charge in [-0.15, -0.1) is 0 Å². The summed E-state index contributed by atoms with van der Waals surface area (Å²) in [4.78, 5) is 11.6. The van der Waals surface area contributed by atoms with Crippen LogP contribution in [0.15, 0.2) is 24.4 Å². The number of hydrogen-bond donors (Lipinski definition) is 1. The van der Waals surface area contributed by atoms with Crippen molar-refractivity contribution >= 4 is 16.8 Å². The van der Waals surface area contributed by atoms with E-state index >= 15 is 0 Å². The molecule has 96 valence electrons. The number of rotatable bonds is 4. The molecule has 0 saturated heterocycles. The monoisotopic (exact) mass is 246 g/mol. The van der Waals surface area contributed by atoms with E-state index in [0.717, 1.165) is 35.2 Å². The third kappa shape index (κ3) is 2.24. The zero-order chi connectivity index (χ0) is 13.1. The second-order valence-corrected chi connectivity index (χ2v) is 4.28. The topological polar surface area (TPSA) is 43.3 Å². The summed E-state index contributed by atoms with van der Waals surface area (Å²) < 4.78 is 6.94. The van der Waals surface area contributed by atoms with Gasteiger partial charge in [-0.2, -0.15) is 0 Å². The number of carbonyl (C=O) groups is 1. The van der Waals surface area contributed by atoms with Crippen molar-refractivity contribution in [3.8, 4) is 5.75 Å². The van der Waals surface area contributed by atoms with Crippen molar-refractivity contribution in [3.63, 3.8) is 0 Å². The van der Waals surface area contributed by atoms with Crippen LogP contribution >= 0.6 is 0 Å². The van der Waals surface area contributed by atoms with Crippen LogP contribution in [-0.4, -0.2) is 31.2 Å². The fourth-order valence-electron chi connectivity index (χ4n) is 2.12. The van der Waals surface area contributed by atoms with Gasteiger partial charge in [-0.05, 0) is 43.8 Å². The minimum Gasteiger partial charge on any atom is -0.497 e. The molecule has 0 unspecified atom stereocenters. The molecule has 0 amide bonds. The van der Waals surface area contributed by atoms with Crippen LogP contribution in [0.3, 0.4) is 0 Å². The average molecular weight is 246 g/mol. The Balaban J connectivity index is 2.57. The van der Waals surface area contributed by atoms with Crippen molar-refractivity contribution in [2.24, 2.45) is 0 Å². The summed E-state index contributed by atoms with van der Waals surface area (Å²) in [6.07, 6.45) is 2.81. The van der Waals surface area contributed by atoms with E-state index in [1.165, 1.54) is 0 Å². The first kappa shape index (κ1) is 12.6. The molecule has 0 fully saturated rings. The summed E-state index contributed by atoms with van der Waals surface area (Å²) in [5.41, 5.74) is 2.10. The lowest BCUT2D eigenvalue weighted by Crippen LogP contribution is -2.10. The molecule has 18 heavy (non-hydrogen) atoms. The number of likely N-dealkylation sites (N-methyl/N-ethyl adjacent to an activating group) is 1. The molecular weight excluding hydrogens is 228 g/mol. The van der Waals surface area contributed by atoms with Crippen molar-refractivity contribution in [1.29, 1.82) is 0 Å². The van der Waals surface area contributed by atoms with E-state index in [1.54, 1.807) is 18.6 Å². The highest BCUT2D eigenvalue weighted by atomic mass is 16.5. The number of nitrogens with one attached hydrogen (secondary N) is 1. The van der Waals surface area contributed by atoms with E-state index < -0.39 is 0 Å². The lowest BCUT2D eigenvalue weighted by Gasteiger charge is -2.02. The Kier molecular flexibility index (Phi) is 3.67. The first-order valence-corrected chi connectivity index (χ1v) is 6.01. The maximum atomic E-state index is 11.6. The highest BCUT2D eigenvalue weighted by molar-refractivity contribution is 5.94. The third-order valence-electron chi connectivity index (χ3n) is 3.08. The van der Waals surface area contributed by atoms with Gasteiger partial charge >= 0.3 is 0 Å². The van der Waals surface area contributed by atoms with E-state index in [-0.39, 0.29) is 5.91 Å². The van der Waals surface area contributed by atoms with Crippen LogP contribution in [0.25, 0.3) is 10.9 Å². The van der Waals surface area contributed by atoms with Crippen molar-refractivity contribution in [2.45, 2.75) is 13.3 Å². The number of carbonyl (C=O) groups excluding carboxylic acids is 1. The van der Waals surface area contributed by atoms with Gasteiger partial charge < -0.3 is 10.1 Å². The molecule has 2 rings (SSSR count). The van der Waals surface area contributed by atoms with Crippen LogP contribution in [-0.2, 0) is 6.42 Å². The van der Waals surface area contributed by atoms with Crippen LogP contribution in [0.1, 0.15) is 17.3 Å². The minimum atomic E-state index is 0.0286. The van der Waals surface area contributed by atoms with Gasteiger partial charge in [0.05, 0.1) is 12.6 Å². The lowest BCUT2D eigenvalue weighted by atomic mass is 10.1. The maximum Gasteiger partial charge on any atom is 0.227 e. The highest BCUT2D eigenvalue weighted by Gasteiger charge is 2.11. The second-order valence-electron chi connectivity index (χ2n) is 4.28. The van der Waals surface area contributed by atoms with Gasteiger partial charge in [-0.1, -0.05) is 0 Å². The van der Waals surface area contributed by atoms with Crippen LogP contribution in [0.4, 0.5) is 0 Å². The Morgan fingerprint density at radius 3 is 2.83 bits per heavy atom. The van der Waals surface area contributed by atoms with E-state index in [1.807, 2.05) is 31.4 Å². The van der Waals surface area contributed by atoms with Crippen LogP contribution < -0.4 is 10.1 Å². The molecule has 0 aliphatic rings. The van der Waals surface area contributed by atoms with Crippen molar-refractivity contribution in [1.82, 2.24) is 9.88 Å². The molecule has 0 spiro atoms. The van der Waals surface area contributed by atoms with Gasteiger partial charge in [0.2, 0.25) is 5.91 Å². The second kappa shape index (κ2) is 5.23. The average Bonchev–Trinajstić information content (AvgIpc) is 2.74. The van der Waals surface area contributed by atoms with Gasteiger partial charge in [-0.25, -0.2) is 0 Å². The van der Waals surface area contributed by atoms with E-state index in [9.17, 15) is 4.79 Å². The molecule has 4 heteroatoms. The molecule has 0 aliphatic carbocycles. The predicted octanol–water partition coefficient (Wildman–Crippen LogP) is 2.07. The first-order chi connectivity index (χ1) is 8.67.